The number of fused-ring (bicyclic) bond motifs is 3. The first kappa shape index (κ1) is 13.3. The highest BCUT2D eigenvalue weighted by Crippen LogP contribution is 2.23. The molecule has 3 rings (SSSR count). The number of aliphatic imine (C=N–C) groups is 1. The Labute approximate surface area is 119 Å². The quantitative estimate of drug-likeness (QED) is 0.774. The van der Waals surface area contributed by atoms with E-state index in [4.69, 9.17) is 0 Å². The van der Waals surface area contributed by atoms with Crippen LogP contribution < -0.4 is 10.6 Å². The van der Waals surface area contributed by atoms with Gasteiger partial charge in [0, 0.05) is 22.7 Å². The zero-order valence-corrected chi connectivity index (χ0v) is 12.5. The Hall–Kier alpha value is -1.64. The van der Waals surface area contributed by atoms with Gasteiger partial charge in [0.15, 0.2) is 5.78 Å². The standard InChI is InChI=1S/C17H22N2O/c1-10-4-7-13-14(8-5-10)19-17-16(13)15(20)9-6-11(2)12(3)18-17/h7-8,10-11,19H,4-6,9H2,1-3H3. The Bertz CT molecular complexity index is 693. The van der Waals surface area contributed by atoms with Crippen molar-refractivity contribution in [3.63, 3.8) is 0 Å². The lowest BCUT2D eigenvalue weighted by Crippen LogP contribution is -2.26. The number of nitrogens with zero attached hydrogens (tertiary/aromatic N) is 1. The highest BCUT2D eigenvalue weighted by molar-refractivity contribution is 6.03. The van der Waals surface area contributed by atoms with Gasteiger partial charge in [-0.25, -0.2) is 4.99 Å². The number of nitrogens with one attached hydrogen (secondary N) is 1. The molecule has 0 radical (unpaired) electrons. The van der Waals surface area contributed by atoms with Gasteiger partial charge in [0.05, 0.1) is 5.56 Å². The maximum Gasteiger partial charge on any atom is 0.167 e. The predicted octanol–water partition coefficient (Wildman–Crippen LogP) is 2.71. The summed E-state index contributed by atoms with van der Waals surface area (Å²) >= 11 is 0. The number of carbonyl (C=O) groups is 1. The molecule has 0 saturated heterocycles. The van der Waals surface area contributed by atoms with Crippen molar-refractivity contribution in [3.05, 3.63) is 16.1 Å². The first-order valence-electron chi connectivity index (χ1n) is 7.57. The van der Waals surface area contributed by atoms with Crippen molar-refractivity contribution >= 4 is 29.5 Å². The number of hydrogen-bond acceptors (Lipinski definition) is 2. The molecule has 0 spiro atoms. The highest BCUT2D eigenvalue weighted by atomic mass is 16.1. The van der Waals surface area contributed by atoms with Crippen LogP contribution >= 0.6 is 0 Å². The van der Waals surface area contributed by atoms with E-state index in [1.54, 1.807) is 0 Å². The second-order valence-corrected chi connectivity index (χ2v) is 6.28. The van der Waals surface area contributed by atoms with E-state index in [1.807, 2.05) is 0 Å². The Kier molecular flexibility index (Phi) is 3.36. The smallest absolute Gasteiger partial charge is 0.167 e. The van der Waals surface area contributed by atoms with E-state index in [0.29, 0.717) is 18.3 Å². The van der Waals surface area contributed by atoms with Gasteiger partial charge in [0.1, 0.15) is 5.82 Å². The average molecular weight is 270 g/mol. The highest BCUT2D eigenvalue weighted by Gasteiger charge is 2.22. The van der Waals surface area contributed by atoms with Crippen molar-refractivity contribution in [2.45, 2.75) is 46.5 Å². The average Bonchev–Trinajstić information content (AvgIpc) is 2.65. The van der Waals surface area contributed by atoms with Gasteiger partial charge in [0.2, 0.25) is 0 Å². The molecule has 2 atom stereocenters. The monoisotopic (exact) mass is 270 g/mol. The van der Waals surface area contributed by atoms with E-state index >= 15 is 0 Å². The van der Waals surface area contributed by atoms with Crippen LogP contribution in [-0.4, -0.2) is 16.5 Å². The zero-order chi connectivity index (χ0) is 14.3. The molecule has 0 bridgehead atoms. The summed E-state index contributed by atoms with van der Waals surface area (Å²) in [4.78, 5) is 20.6. The topological polar surface area (TPSA) is 45.2 Å². The van der Waals surface area contributed by atoms with Crippen molar-refractivity contribution < 1.29 is 4.79 Å². The molecule has 1 aromatic heterocycles. The number of Topliss-reactive ketones (excluding diaryl/α,β-unsaturated/α-hetero) is 1. The fraction of sp³-hybridized carbons (Fsp3) is 0.529. The molecular formula is C17H22N2O. The molecule has 0 aromatic carbocycles. The third-order valence-corrected chi connectivity index (χ3v) is 4.58. The Morgan fingerprint density at radius 1 is 1.25 bits per heavy atom. The number of hydrogen-bond donors (Lipinski definition) is 1. The molecule has 2 heterocycles. The Morgan fingerprint density at radius 2 is 2.00 bits per heavy atom. The van der Waals surface area contributed by atoms with Gasteiger partial charge >= 0.3 is 0 Å². The first-order valence-corrected chi connectivity index (χ1v) is 7.57. The van der Waals surface area contributed by atoms with Gasteiger partial charge < -0.3 is 4.98 Å². The van der Waals surface area contributed by atoms with Crippen molar-refractivity contribution in [2.75, 3.05) is 0 Å². The number of aromatic nitrogens is 1. The SMILES string of the molecule is CC1=Nc2[nH]c3c(c2C(=O)CCC1C)=CCC(C)CC=3. The minimum Gasteiger partial charge on any atom is -0.339 e. The van der Waals surface area contributed by atoms with Crippen LogP contribution in [0.3, 0.4) is 0 Å². The second-order valence-electron chi connectivity index (χ2n) is 6.28. The predicted molar refractivity (Wildman–Crippen MR) is 82.9 cm³/mol. The molecule has 0 saturated carbocycles. The van der Waals surface area contributed by atoms with Crippen molar-refractivity contribution in [1.29, 1.82) is 0 Å². The van der Waals surface area contributed by atoms with E-state index < -0.39 is 0 Å². The molecule has 2 unspecified atom stereocenters. The third-order valence-electron chi connectivity index (χ3n) is 4.58. The maximum atomic E-state index is 12.5. The van der Waals surface area contributed by atoms with Crippen LogP contribution in [0.15, 0.2) is 4.99 Å². The number of ketones is 1. The van der Waals surface area contributed by atoms with E-state index in [9.17, 15) is 4.79 Å². The maximum absolute atomic E-state index is 12.5. The third kappa shape index (κ3) is 2.26. The zero-order valence-electron chi connectivity index (χ0n) is 12.5. The number of aromatic amines is 1. The minimum absolute atomic E-state index is 0.236. The van der Waals surface area contributed by atoms with Crippen molar-refractivity contribution in [3.8, 4) is 0 Å². The van der Waals surface area contributed by atoms with Crippen LogP contribution in [0.1, 0.15) is 56.8 Å². The summed E-state index contributed by atoms with van der Waals surface area (Å²) in [6.07, 6.45) is 8.03. The number of H-pyrrole nitrogens is 1. The van der Waals surface area contributed by atoms with E-state index in [-0.39, 0.29) is 5.78 Å². The molecule has 2 aliphatic rings. The van der Waals surface area contributed by atoms with Gasteiger partial charge in [0.25, 0.3) is 0 Å². The van der Waals surface area contributed by atoms with Gasteiger partial charge in [-0.3, -0.25) is 4.79 Å². The summed E-state index contributed by atoms with van der Waals surface area (Å²) in [7, 11) is 0. The van der Waals surface area contributed by atoms with E-state index in [0.717, 1.165) is 46.9 Å². The Balaban J connectivity index is 2.25. The summed E-state index contributed by atoms with van der Waals surface area (Å²) in [5.41, 5.74) is 1.93. The summed E-state index contributed by atoms with van der Waals surface area (Å²) in [6.45, 7) is 6.45. The lowest BCUT2D eigenvalue weighted by Gasteiger charge is -2.14. The molecule has 20 heavy (non-hydrogen) atoms. The lowest BCUT2D eigenvalue weighted by atomic mass is 9.95. The summed E-state index contributed by atoms with van der Waals surface area (Å²) < 4.78 is 0. The molecule has 1 aliphatic carbocycles. The normalized spacial score (nSPS) is 26.1. The molecule has 3 nitrogen and oxygen atoms in total. The van der Waals surface area contributed by atoms with Gasteiger partial charge in [-0.2, -0.15) is 0 Å². The molecule has 3 heteroatoms. The molecule has 1 N–H and O–H groups in total. The first-order chi connectivity index (χ1) is 9.56. The molecule has 1 aliphatic heterocycles. The van der Waals surface area contributed by atoms with E-state index in [1.165, 1.54) is 0 Å². The molecule has 106 valence electrons. The fourth-order valence-electron chi connectivity index (χ4n) is 2.96. The largest absolute Gasteiger partial charge is 0.339 e. The minimum atomic E-state index is 0.236. The molecule has 0 amide bonds. The number of rotatable bonds is 0. The number of carbonyl (C=O) groups excluding carboxylic acids is 1. The van der Waals surface area contributed by atoms with Crippen LogP contribution in [0.2, 0.25) is 0 Å². The summed E-state index contributed by atoms with van der Waals surface area (Å²) in [6, 6.07) is 0. The van der Waals surface area contributed by atoms with E-state index in [2.05, 4.69) is 42.9 Å². The summed E-state index contributed by atoms with van der Waals surface area (Å²) in [5, 5.41) is 2.17. The van der Waals surface area contributed by atoms with Gasteiger partial charge in [-0.1, -0.05) is 26.0 Å². The van der Waals surface area contributed by atoms with Crippen LogP contribution in [-0.2, 0) is 0 Å². The van der Waals surface area contributed by atoms with Crippen LogP contribution in [0.5, 0.6) is 0 Å². The molecular weight excluding hydrogens is 248 g/mol. The van der Waals surface area contributed by atoms with Crippen molar-refractivity contribution in [2.24, 2.45) is 16.8 Å². The van der Waals surface area contributed by atoms with Gasteiger partial charge in [-0.15, -0.1) is 0 Å². The second kappa shape index (κ2) is 5.04. The molecule has 1 aromatic rings. The lowest BCUT2D eigenvalue weighted by molar-refractivity contribution is 0.0977. The van der Waals surface area contributed by atoms with Crippen molar-refractivity contribution in [1.82, 2.24) is 4.98 Å². The van der Waals surface area contributed by atoms with Crippen LogP contribution in [0.25, 0.3) is 12.2 Å². The molecule has 0 fully saturated rings. The fourth-order valence-corrected chi connectivity index (χ4v) is 2.96. The Morgan fingerprint density at radius 3 is 2.80 bits per heavy atom. The summed E-state index contributed by atoms with van der Waals surface area (Å²) in [5.74, 6) is 2.02. The van der Waals surface area contributed by atoms with Crippen LogP contribution in [0.4, 0.5) is 5.82 Å². The van der Waals surface area contributed by atoms with Crippen LogP contribution in [0, 0.1) is 11.8 Å². The van der Waals surface area contributed by atoms with Gasteiger partial charge in [-0.05, 0) is 38.0 Å².